The fraction of sp³-hybridized carbons (Fsp3) is 0.158. The van der Waals surface area contributed by atoms with E-state index >= 15 is 0 Å². The standard InChI is InChI=1S/C19H17ClO4S/c1-12-10-14(11-13(2)19(12)20)24-25(21,22)18-9-8-17(23-3)15-6-4-5-7-16(15)18/h4-11H,1-3H3. The second kappa shape index (κ2) is 6.58. The number of ether oxygens (including phenoxy) is 1. The Bertz CT molecular complexity index is 1040. The van der Waals surface area contributed by atoms with E-state index in [4.69, 9.17) is 20.5 Å². The van der Waals surface area contributed by atoms with Crippen LogP contribution in [0, 0.1) is 13.8 Å². The average Bonchev–Trinajstić information content (AvgIpc) is 2.58. The Labute approximate surface area is 152 Å². The molecule has 25 heavy (non-hydrogen) atoms. The van der Waals surface area contributed by atoms with Crippen molar-refractivity contribution in [2.75, 3.05) is 7.11 Å². The van der Waals surface area contributed by atoms with Crippen LogP contribution in [0.15, 0.2) is 53.4 Å². The topological polar surface area (TPSA) is 52.6 Å². The fourth-order valence-electron chi connectivity index (χ4n) is 2.77. The molecule has 0 aromatic heterocycles. The van der Waals surface area contributed by atoms with Gasteiger partial charge in [-0.1, -0.05) is 35.9 Å². The average molecular weight is 377 g/mol. The zero-order valence-corrected chi connectivity index (χ0v) is 15.6. The maximum Gasteiger partial charge on any atom is 0.339 e. The van der Waals surface area contributed by atoms with Crippen LogP contribution in [0.4, 0.5) is 0 Å². The van der Waals surface area contributed by atoms with Crippen LogP contribution in [0.1, 0.15) is 11.1 Å². The Hall–Kier alpha value is -2.24. The molecule has 0 amide bonds. The van der Waals surface area contributed by atoms with Crippen molar-refractivity contribution < 1.29 is 17.3 Å². The molecule has 0 bridgehead atoms. The smallest absolute Gasteiger partial charge is 0.339 e. The molecular formula is C19H17ClO4S. The molecule has 0 saturated carbocycles. The second-order valence-electron chi connectivity index (χ2n) is 5.72. The molecule has 130 valence electrons. The van der Waals surface area contributed by atoms with E-state index in [1.54, 1.807) is 51.3 Å². The first-order chi connectivity index (χ1) is 11.8. The van der Waals surface area contributed by atoms with Gasteiger partial charge in [0.15, 0.2) is 0 Å². The molecule has 0 radical (unpaired) electrons. The number of hydrogen-bond donors (Lipinski definition) is 0. The first-order valence-corrected chi connectivity index (χ1v) is 9.39. The molecule has 0 heterocycles. The lowest BCUT2D eigenvalue weighted by Crippen LogP contribution is -2.11. The quantitative estimate of drug-likeness (QED) is 0.608. The fourth-order valence-corrected chi connectivity index (χ4v) is 4.00. The third kappa shape index (κ3) is 3.30. The number of benzene rings is 3. The monoisotopic (exact) mass is 376 g/mol. The van der Waals surface area contributed by atoms with Crippen molar-refractivity contribution in [2.45, 2.75) is 18.7 Å². The SMILES string of the molecule is COc1ccc(S(=O)(=O)Oc2cc(C)c(Cl)c(C)c2)c2ccccc12. The van der Waals surface area contributed by atoms with Gasteiger partial charge in [0.2, 0.25) is 0 Å². The normalized spacial score (nSPS) is 11.5. The van der Waals surface area contributed by atoms with E-state index in [2.05, 4.69) is 0 Å². The Kier molecular flexibility index (Phi) is 4.62. The number of fused-ring (bicyclic) bond motifs is 1. The zero-order valence-electron chi connectivity index (χ0n) is 14.0. The van der Waals surface area contributed by atoms with Crippen LogP contribution in [0.2, 0.25) is 5.02 Å². The van der Waals surface area contributed by atoms with Crippen LogP contribution in [0.25, 0.3) is 10.8 Å². The minimum Gasteiger partial charge on any atom is -0.496 e. The van der Waals surface area contributed by atoms with Crippen molar-refractivity contribution >= 4 is 32.5 Å². The number of halogens is 1. The first-order valence-electron chi connectivity index (χ1n) is 7.60. The summed E-state index contributed by atoms with van der Waals surface area (Å²) in [6, 6.07) is 13.5. The molecule has 0 aliphatic heterocycles. The van der Waals surface area contributed by atoms with Crippen LogP contribution in [0.5, 0.6) is 11.5 Å². The number of hydrogen-bond acceptors (Lipinski definition) is 4. The van der Waals surface area contributed by atoms with Crippen LogP contribution < -0.4 is 8.92 Å². The molecule has 0 saturated heterocycles. The zero-order chi connectivity index (χ0) is 18.2. The summed E-state index contributed by atoms with van der Waals surface area (Å²) in [5.41, 5.74) is 1.51. The Morgan fingerprint density at radius 2 is 1.52 bits per heavy atom. The third-order valence-electron chi connectivity index (χ3n) is 3.95. The van der Waals surface area contributed by atoms with Gasteiger partial charge < -0.3 is 8.92 Å². The predicted octanol–water partition coefficient (Wildman–Crippen LogP) is 4.89. The highest BCUT2D eigenvalue weighted by atomic mass is 35.5. The van der Waals surface area contributed by atoms with Crippen molar-refractivity contribution in [3.8, 4) is 11.5 Å². The summed E-state index contributed by atoms with van der Waals surface area (Å²) in [6.07, 6.45) is 0. The van der Waals surface area contributed by atoms with Gasteiger partial charge in [-0.25, -0.2) is 0 Å². The Balaban J connectivity index is 2.11. The molecule has 4 nitrogen and oxygen atoms in total. The summed E-state index contributed by atoms with van der Waals surface area (Å²) >= 11 is 6.13. The van der Waals surface area contributed by atoms with Gasteiger partial charge in [-0.05, 0) is 49.2 Å². The van der Waals surface area contributed by atoms with E-state index in [0.717, 1.165) is 11.1 Å². The van der Waals surface area contributed by atoms with Gasteiger partial charge in [-0.15, -0.1) is 0 Å². The predicted molar refractivity (Wildman–Crippen MR) is 99.2 cm³/mol. The summed E-state index contributed by atoms with van der Waals surface area (Å²) < 4.78 is 36.3. The van der Waals surface area contributed by atoms with E-state index in [9.17, 15) is 8.42 Å². The Morgan fingerprint density at radius 1 is 0.920 bits per heavy atom. The van der Waals surface area contributed by atoms with Crippen molar-refractivity contribution in [1.29, 1.82) is 0 Å². The molecule has 0 N–H and O–H groups in total. The lowest BCUT2D eigenvalue weighted by molar-refractivity contribution is 0.419. The molecule has 0 unspecified atom stereocenters. The van der Waals surface area contributed by atoms with E-state index in [1.165, 1.54) is 6.07 Å². The lowest BCUT2D eigenvalue weighted by atomic mass is 10.1. The van der Waals surface area contributed by atoms with Crippen molar-refractivity contribution in [3.05, 3.63) is 64.7 Å². The maximum atomic E-state index is 12.8. The second-order valence-corrected chi connectivity index (χ2v) is 7.61. The molecule has 0 aliphatic rings. The minimum absolute atomic E-state index is 0.0918. The lowest BCUT2D eigenvalue weighted by Gasteiger charge is -2.13. The van der Waals surface area contributed by atoms with E-state index in [-0.39, 0.29) is 10.6 Å². The largest absolute Gasteiger partial charge is 0.496 e. The first kappa shape index (κ1) is 17.6. The van der Waals surface area contributed by atoms with Crippen molar-refractivity contribution in [3.63, 3.8) is 0 Å². The molecular weight excluding hydrogens is 360 g/mol. The van der Waals surface area contributed by atoms with E-state index in [0.29, 0.717) is 21.5 Å². The highest BCUT2D eigenvalue weighted by Gasteiger charge is 2.21. The molecule has 0 atom stereocenters. The van der Waals surface area contributed by atoms with Gasteiger partial charge in [0.05, 0.1) is 7.11 Å². The van der Waals surface area contributed by atoms with Gasteiger partial charge >= 0.3 is 10.1 Å². The third-order valence-corrected chi connectivity index (χ3v) is 5.85. The maximum absolute atomic E-state index is 12.8. The van der Waals surface area contributed by atoms with Crippen molar-refractivity contribution in [1.82, 2.24) is 0 Å². The number of aryl methyl sites for hydroxylation is 2. The molecule has 0 spiro atoms. The number of rotatable bonds is 4. The van der Waals surface area contributed by atoms with Crippen LogP contribution >= 0.6 is 11.6 Å². The molecule has 0 aliphatic carbocycles. The molecule has 3 aromatic carbocycles. The highest BCUT2D eigenvalue weighted by molar-refractivity contribution is 7.87. The minimum atomic E-state index is -4.01. The molecule has 0 fully saturated rings. The molecule has 6 heteroatoms. The van der Waals surface area contributed by atoms with Crippen molar-refractivity contribution in [2.24, 2.45) is 0 Å². The summed E-state index contributed by atoms with van der Waals surface area (Å²) in [5.74, 6) is 0.840. The van der Waals surface area contributed by atoms with Gasteiger partial charge in [0.25, 0.3) is 0 Å². The van der Waals surface area contributed by atoms with Crippen LogP contribution in [-0.2, 0) is 10.1 Å². The molecule has 3 aromatic rings. The van der Waals surface area contributed by atoms with E-state index < -0.39 is 10.1 Å². The summed E-state index contributed by atoms with van der Waals surface area (Å²) in [7, 11) is -2.46. The van der Waals surface area contributed by atoms with E-state index in [1.807, 2.05) is 12.1 Å². The Morgan fingerprint density at radius 3 is 2.12 bits per heavy atom. The molecule has 3 rings (SSSR count). The summed E-state index contributed by atoms with van der Waals surface area (Å²) in [4.78, 5) is 0.0918. The van der Waals surface area contributed by atoms with Crippen LogP contribution in [0.3, 0.4) is 0 Å². The van der Waals surface area contributed by atoms with Gasteiger partial charge in [-0.3, -0.25) is 0 Å². The highest BCUT2D eigenvalue weighted by Crippen LogP contribution is 2.33. The summed E-state index contributed by atoms with van der Waals surface area (Å²) in [6.45, 7) is 3.61. The van der Waals surface area contributed by atoms with Gasteiger partial charge in [0, 0.05) is 15.8 Å². The van der Waals surface area contributed by atoms with Crippen LogP contribution in [-0.4, -0.2) is 15.5 Å². The van der Waals surface area contributed by atoms with Gasteiger partial charge in [-0.2, -0.15) is 8.42 Å². The summed E-state index contributed by atoms with van der Waals surface area (Å²) in [5, 5.41) is 1.85. The number of methoxy groups -OCH3 is 1. The van der Waals surface area contributed by atoms with Gasteiger partial charge in [0.1, 0.15) is 16.4 Å².